The van der Waals surface area contributed by atoms with Gasteiger partial charge >= 0.3 is 0 Å². The van der Waals surface area contributed by atoms with E-state index in [0.29, 0.717) is 6.54 Å². The number of aromatic nitrogens is 1. The van der Waals surface area contributed by atoms with Crippen LogP contribution in [0.3, 0.4) is 0 Å². The van der Waals surface area contributed by atoms with E-state index < -0.39 is 6.10 Å². The Labute approximate surface area is 139 Å². The Balaban J connectivity index is 0.00000176. The van der Waals surface area contributed by atoms with Crippen molar-refractivity contribution >= 4 is 35.3 Å². The van der Waals surface area contributed by atoms with Crippen LogP contribution < -0.4 is 11.1 Å². The van der Waals surface area contributed by atoms with Crippen LogP contribution in [0.5, 0.6) is 0 Å². The molecule has 0 spiro atoms. The van der Waals surface area contributed by atoms with Gasteiger partial charge in [-0.2, -0.15) is 0 Å². The smallest absolute Gasteiger partial charge is 0.253 e. The monoisotopic (exact) mass is 339 g/mol. The first-order chi connectivity index (χ1) is 10.3. The molecule has 0 bridgehead atoms. The van der Waals surface area contributed by atoms with E-state index in [9.17, 15) is 4.79 Å². The SMILES string of the molecule is Cl.NC[C@H]1CC[C@@H](C(=O)Nc2ccc(-c3nccs3)cc2)O1. The van der Waals surface area contributed by atoms with Crippen LogP contribution in [-0.4, -0.2) is 29.6 Å². The first-order valence-electron chi connectivity index (χ1n) is 6.92. The molecule has 1 saturated heterocycles. The molecule has 0 unspecified atom stereocenters. The van der Waals surface area contributed by atoms with Crippen molar-refractivity contribution in [1.29, 1.82) is 0 Å². The molecule has 2 aromatic rings. The van der Waals surface area contributed by atoms with Gasteiger partial charge in [-0.1, -0.05) is 0 Å². The van der Waals surface area contributed by atoms with Crippen LogP contribution in [0.4, 0.5) is 5.69 Å². The predicted molar refractivity (Wildman–Crippen MR) is 90.4 cm³/mol. The highest BCUT2D eigenvalue weighted by atomic mass is 35.5. The van der Waals surface area contributed by atoms with Gasteiger partial charge in [0, 0.05) is 29.4 Å². The summed E-state index contributed by atoms with van der Waals surface area (Å²) >= 11 is 1.59. The number of anilines is 1. The Morgan fingerprint density at radius 2 is 2.14 bits per heavy atom. The fourth-order valence-electron chi connectivity index (χ4n) is 2.36. The van der Waals surface area contributed by atoms with Gasteiger partial charge in [0.15, 0.2) is 0 Å². The quantitative estimate of drug-likeness (QED) is 0.897. The molecule has 1 aliphatic heterocycles. The van der Waals surface area contributed by atoms with Gasteiger partial charge in [0.05, 0.1) is 6.10 Å². The molecule has 3 N–H and O–H groups in total. The van der Waals surface area contributed by atoms with E-state index >= 15 is 0 Å². The Hall–Kier alpha value is -1.47. The molecular weight excluding hydrogens is 322 g/mol. The summed E-state index contributed by atoms with van der Waals surface area (Å²) in [6, 6.07) is 7.66. The van der Waals surface area contributed by atoms with E-state index in [1.807, 2.05) is 29.6 Å². The summed E-state index contributed by atoms with van der Waals surface area (Å²) < 4.78 is 5.58. The molecule has 7 heteroatoms. The molecule has 2 atom stereocenters. The fourth-order valence-corrected chi connectivity index (χ4v) is 3.00. The second-order valence-electron chi connectivity index (χ2n) is 4.96. The van der Waals surface area contributed by atoms with E-state index in [1.54, 1.807) is 17.5 Å². The lowest BCUT2D eigenvalue weighted by atomic mass is 10.1. The largest absolute Gasteiger partial charge is 0.364 e. The van der Waals surface area contributed by atoms with Crippen LogP contribution in [0.2, 0.25) is 0 Å². The summed E-state index contributed by atoms with van der Waals surface area (Å²) in [6.07, 6.45) is 2.97. The van der Waals surface area contributed by atoms with Crippen molar-refractivity contribution in [3.05, 3.63) is 35.8 Å². The highest BCUT2D eigenvalue weighted by Gasteiger charge is 2.29. The lowest BCUT2D eigenvalue weighted by Gasteiger charge is -2.12. The topological polar surface area (TPSA) is 77.2 Å². The number of amides is 1. The summed E-state index contributed by atoms with van der Waals surface area (Å²) in [7, 11) is 0. The molecule has 118 valence electrons. The molecule has 1 aliphatic rings. The lowest BCUT2D eigenvalue weighted by molar-refractivity contribution is -0.126. The number of carbonyl (C=O) groups excluding carboxylic acids is 1. The summed E-state index contributed by atoms with van der Waals surface area (Å²) in [6.45, 7) is 0.465. The highest BCUT2D eigenvalue weighted by molar-refractivity contribution is 7.13. The van der Waals surface area contributed by atoms with E-state index in [1.165, 1.54) is 0 Å². The number of nitrogens with one attached hydrogen (secondary N) is 1. The van der Waals surface area contributed by atoms with E-state index in [4.69, 9.17) is 10.5 Å². The molecule has 0 aliphatic carbocycles. The number of nitrogens with zero attached hydrogens (tertiary/aromatic N) is 1. The van der Waals surface area contributed by atoms with Crippen molar-refractivity contribution in [2.45, 2.75) is 25.0 Å². The second-order valence-corrected chi connectivity index (χ2v) is 5.86. The number of benzene rings is 1. The van der Waals surface area contributed by atoms with E-state index in [-0.39, 0.29) is 24.4 Å². The Morgan fingerprint density at radius 1 is 1.36 bits per heavy atom. The van der Waals surface area contributed by atoms with Crippen molar-refractivity contribution < 1.29 is 9.53 Å². The zero-order valence-electron chi connectivity index (χ0n) is 11.9. The fraction of sp³-hybridized carbons (Fsp3) is 0.333. The van der Waals surface area contributed by atoms with Gasteiger partial charge in [0.1, 0.15) is 11.1 Å². The third kappa shape index (κ3) is 3.84. The van der Waals surface area contributed by atoms with Crippen LogP contribution >= 0.6 is 23.7 Å². The van der Waals surface area contributed by atoms with Gasteiger partial charge in [-0.15, -0.1) is 23.7 Å². The highest BCUT2D eigenvalue weighted by Crippen LogP contribution is 2.24. The third-order valence-corrected chi connectivity index (χ3v) is 4.32. The molecule has 1 fully saturated rings. The minimum atomic E-state index is -0.391. The molecule has 1 aromatic carbocycles. The minimum Gasteiger partial charge on any atom is -0.364 e. The molecule has 3 rings (SSSR count). The minimum absolute atomic E-state index is 0. The van der Waals surface area contributed by atoms with Crippen LogP contribution in [0.1, 0.15) is 12.8 Å². The average Bonchev–Trinajstić information content (AvgIpc) is 3.19. The van der Waals surface area contributed by atoms with Gasteiger partial charge in [-0.25, -0.2) is 4.98 Å². The maximum atomic E-state index is 12.1. The first-order valence-corrected chi connectivity index (χ1v) is 7.80. The number of rotatable bonds is 4. The maximum absolute atomic E-state index is 12.1. The van der Waals surface area contributed by atoms with Crippen molar-refractivity contribution in [2.24, 2.45) is 5.73 Å². The van der Waals surface area contributed by atoms with Crippen molar-refractivity contribution in [2.75, 3.05) is 11.9 Å². The number of thiazole rings is 1. The molecule has 2 heterocycles. The van der Waals surface area contributed by atoms with Gasteiger partial charge in [0.2, 0.25) is 0 Å². The molecular formula is C15H18ClN3O2S. The van der Waals surface area contributed by atoms with E-state index in [0.717, 1.165) is 29.1 Å². The molecule has 0 radical (unpaired) electrons. The third-order valence-electron chi connectivity index (χ3n) is 3.49. The van der Waals surface area contributed by atoms with Crippen LogP contribution in [0.25, 0.3) is 10.6 Å². The summed E-state index contributed by atoms with van der Waals surface area (Å²) in [5, 5.41) is 5.79. The van der Waals surface area contributed by atoms with Crippen LogP contribution in [0, 0.1) is 0 Å². The zero-order chi connectivity index (χ0) is 14.7. The van der Waals surface area contributed by atoms with Gasteiger partial charge in [-0.3, -0.25) is 4.79 Å². The molecule has 1 aromatic heterocycles. The van der Waals surface area contributed by atoms with Crippen LogP contribution in [-0.2, 0) is 9.53 Å². The van der Waals surface area contributed by atoms with Crippen molar-refractivity contribution in [3.63, 3.8) is 0 Å². The van der Waals surface area contributed by atoms with Crippen LogP contribution in [0.15, 0.2) is 35.8 Å². The van der Waals surface area contributed by atoms with Crippen molar-refractivity contribution in [1.82, 2.24) is 4.98 Å². The molecule has 22 heavy (non-hydrogen) atoms. The molecule has 0 saturated carbocycles. The van der Waals surface area contributed by atoms with E-state index in [2.05, 4.69) is 10.3 Å². The second kappa shape index (κ2) is 7.69. The summed E-state index contributed by atoms with van der Waals surface area (Å²) in [5.74, 6) is -0.104. The summed E-state index contributed by atoms with van der Waals surface area (Å²) in [5.41, 5.74) is 7.36. The number of hydrogen-bond donors (Lipinski definition) is 2. The Bertz CT molecular complexity index is 604. The first kappa shape index (κ1) is 16.9. The normalized spacial score (nSPS) is 20.4. The molecule has 5 nitrogen and oxygen atoms in total. The van der Waals surface area contributed by atoms with Gasteiger partial charge in [0.25, 0.3) is 5.91 Å². The number of carbonyl (C=O) groups is 1. The summed E-state index contributed by atoms with van der Waals surface area (Å²) in [4.78, 5) is 16.4. The Kier molecular flexibility index (Phi) is 5.90. The zero-order valence-corrected chi connectivity index (χ0v) is 13.5. The Morgan fingerprint density at radius 3 is 2.73 bits per heavy atom. The number of hydrogen-bond acceptors (Lipinski definition) is 5. The number of ether oxygens (including phenoxy) is 1. The lowest BCUT2D eigenvalue weighted by Crippen LogP contribution is -2.29. The van der Waals surface area contributed by atoms with Crippen molar-refractivity contribution in [3.8, 4) is 10.6 Å². The average molecular weight is 340 g/mol. The molecule has 1 amide bonds. The predicted octanol–water partition coefficient (Wildman–Crippen LogP) is 2.68. The maximum Gasteiger partial charge on any atom is 0.253 e. The van der Waals surface area contributed by atoms with Gasteiger partial charge < -0.3 is 15.8 Å². The van der Waals surface area contributed by atoms with Gasteiger partial charge in [-0.05, 0) is 37.1 Å². The number of halogens is 1. The standard InChI is InChI=1S/C15H17N3O2S.ClH/c16-9-12-5-6-13(20-12)14(19)18-11-3-1-10(2-4-11)15-17-7-8-21-15;/h1-4,7-8,12-13H,5-6,9,16H2,(H,18,19);1H/t12-,13+;/m1./s1. The number of nitrogens with two attached hydrogens (primary N) is 1.